The minimum Gasteiger partial charge on any atom is -0.460 e. The molecule has 0 amide bonds. The first-order valence-corrected chi connectivity index (χ1v) is 5.95. The van der Waals surface area contributed by atoms with Gasteiger partial charge in [0, 0.05) is 0 Å². The van der Waals surface area contributed by atoms with Gasteiger partial charge in [-0.3, -0.25) is 4.79 Å². The van der Waals surface area contributed by atoms with Gasteiger partial charge in [0.05, 0.1) is 11.5 Å². The minimum atomic E-state index is -0.977. The molecule has 0 aromatic rings. The standard InChI is InChI=1S/C13H24O3/c1-9(10(14)16-11(2,3)4)13(6,15)12(5)7-8-12/h9,15H,7-8H2,1-6H3. The van der Waals surface area contributed by atoms with E-state index in [1.54, 1.807) is 13.8 Å². The van der Waals surface area contributed by atoms with E-state index in [0.717, 1.165) is 12.8 Å². The van der Waals surface area contributed by atoms with Gasteiger partial charge in [0.2, 0.25) is 0 Å². The van der Waals surface area contributed by atoms with E-state index < -0.39 is 17.1 Å². The monoisotopic (exact) mass is 228 g/mol. The van der Waals surface area contributed by atoms with Crippen LogP contribution in [0.3, 0.4) is 0 Å². The average Bonchev–Trinajstić information content (AvgIpc) is 2.80. The Kier molecular flexibility index (Phi) is 3.14. The molecule has 1 saturated carbocycles. The minimum absolute atomic E-state index is 0.122. The van der Waals surface area contributed by atoms with E-state index in [1.807, 2.05) is 27.7 Å². The second kappa shape index (κ2) is 3.73. The average molecular weight is 228 g/mol. The van der Waals surface area contributed by atoms with E-state index in [-0.39, 0.29) is 11.4 Å². The van der Waals surface area contributed by atoms with Crippen molar-refractivity contribution in [3.63, 3.8) is 0 Å². The van der Waals surface area contributed by atoms with Gasteiger partial charge in [-0.25, -0.2) is 0 Å². The third-order valence-electron chi connectivity index (χ3n) is 3.83. The van der Waals surface area contributed by atoms with Crippen LogP contribution in [0.15, 0.2) is 0 Å². The van der Waals surface area contributed by atoms with E-state index in [9.17, 15) is 9.90 Å². The van der Waals surface area contributed by atoms with Crippen molar-refractivity contribution in [3.8, 4) is 0 Å². The lowest BCUT2D eigenvalue weighted by atomic mass is 9.77. The zero-order valence-electron chi connectivity index (χ0n) is 11.3. The van der Waals surface area contributed by atoms with Crippen LogP contribution in [-0.2, 0) is 9.53 Å². The van der Waals surface area contributed by atoms with E-state index in [1.165, 1.54) is 0 Å². The van der Waals surface area contributed by atoms with Crippen molar-refractivity contribution in [3.05, 3.63) is 0 Å². The van der Waals surface area contributed by atoms with Gasteiger partial charge in [0.15, 0.2) is 0 Å². The van der Waals surface area contributed by atoms with Crippen LogP contribution in [0.4, 0.5) is 0 Å². The fraction of sp³-hybridized carbons (Fsp3) is 0.923. The van der Waals surface area contributed by atoms with Gasteiger partial charge in [-0.1, -0.05) is 6.92 Å². The smallest absolute Gasteiger partial charge is 0.312 e. The van der Waals surface area contributed by atoms with Crippen molar-refractivity contribution in [2.45, 2.75) is 65.6 Å². The molecule has 1 fully saturated rings. The number of esters is 1. The maximum Gasteiger partial charge on any atom is 0.312 e. The van der Waals surface area contributed by atoms with E-state index in [2.05, 4.69) is 0 Å². The number of ether oxygens (including phenoxy) is 1. The molecule has 1 aliphatic rings. The predicted octanol–water partition coefficient (Wildman–Crippen LogP) is 2.52. The maximum absolute atomic E-state index is 11.9. The lowest BCUT2D eigenvalue weighted by Crippen LogP contribution is -2.46. The van der Waals surface area contributed by atoms with Crippen LogP contribution in [0.1, 0.15) is 54.4 Å². The first-order valence-electron chi connectivity index (χ1n) is 5.95. The molecule has 2 atom stereocenters. The SMILES string of the molecule is CC(C(=O)OC(C)(C)C)C(C)(O)C1(C)CC1. The molecule has 0 aromatic carbocycles. The second-order valence-electron chi connectivity index (χ2n) is 6.46. The molecular formula is C13H24O3. The van der Waals surface area contributed by atoms with Gasteiger partial charge in [-0.05, 0) is 52.9 Å². The molecule has 1 aliphatic carbocycles. The zero-order chi connectivity index (χ0) is 12.8. The molecular weight excluding hydrogens is 204 g/mol. The normalized spacial score (nSPS) is 24.4. The predicted molar refractivity (Wildman–Crippen MR) is 63.0 cm³/mol. The highest BCUT2D eigenvalue weighted by Gasteiger charge is 2.56. The number of carbonyl (C=O) groups excluding carboxylic acids is 1. The van der Waals surface area contributed by atoms with Crippen molar-refractivity contribution in [2.75, 3.05) is 0 Å². The Morgan fingerprint density at radius 1 is 1.31 bits per heavy atom. The Morgan fingerprint density at radius 2 is 1.75 bits per heavy atom. The third kappa shape index (κ3) is 2.57. The van der Waals surface area contributed by atoms with Crippen LogP contribution in [0.5, 0.6) is 0 Å². The molecule has 0 bridgehead atoms. The first kappa shape index (κ1) is 13.5. The number of hydrogen-bond donors (Lipinski definition) is 1. The van der Waals surface area contributed by atoms with Gasteiger partial charge in [-0.15, -0.1) is 0 Å². The Bertz CT molecular complexity index is 282. The van der Waals surface area contributed by atoms with Gasteiger partial charge in [0.25, 0.3) is 0 Å². The topological polar surface area (TPSA) is 46.5 Å². The van der Waals surface area contributed by atoms with E-state index in [0.29, 0.717) is 0 Å². The maximum atomic E-state index is 11.9. The highest BCUT2D eigenvalue weighted by molar-refractivity contribution is 5.74. The summed E-state index contributed by atoms with van der Waals surface area (Å²) < 4.78 is 5.31. The van der Waals surface area contributed by atoms with Crippen molar-refractivity contribution >= 4 is 5.97 Å². The zero-order valence-corrected chi connectivity index (χ0v) is 11.3. The van der Waals surface area contributed by atoms with Crippen LogP contribution in [0.25, 0.3) is 0 Å². The lowest BCUT2D eigenvalue weighted by Gasteiger charge is -2.36. The quantitative estimate of drug-likeness (QED) is 0.755. The third-order valence-corrected chi connectivity index (χ3v) is 3.83. The molecule has 0 spiro atoms. The van der Waals surface area contributed by atoms with Crippen LogP contribution >= 0.6 is 0 Å². The molecule has 1 rings (SSSR count). The number of carbonyl (C=O) groups is 1. The lowest BCUT2D eigenvalue weighted by molar-refractivity contribution is -0.172. The highest BCUT2D eigenvalue weighted by atomic mass is 16.6. The summed E-state index contributed by atoms with van der Waals surface area (Å²) in [6, 6.07) is 0. The molecule has 0 radical (unpaired) electrons. The van der Waals surface area contributed by atoms with E-state index >= 15 is 0 Å². The van der Waals surface area contributed by atoms with Crippen LogP contribution in [0, 0.1) is 11.3 Å². The fourth-order valence-corrected chi connectivity index (χ4v) is 1.84. The van der Waals surface area contributed by atoms with Crippen LogP contribution in [-0.4, -0.2) is 22.3 Å². The second-order valence-corrected chi connectivity index (χ2v) is 6.46. The largest absolute Gasteiger partial charge is 0.460 e. The number of aliphatic hydroxyl groups is 1. The van der Waals surface area contributed by atoms with Gasteiger partial charge in [-0.2, -0.15) is 0 Å². The van der Waals surface area contributed by atoms with Crippen LogP contribution < -0.4 is 0 Å². The molecule has 16 heavy (non-hydrogen) atoms. The van der Waals surface area contributed by atoms with Crippen molar-refractivity contribution < 1.29 is 14.6 Å². The number of hydrogen-bond acceptors (Lipinski definition) is 3. The molecule has 94 valence electrons. The van der Waals surface area contributed by atoms with Crippen molar-refractivity contribution in [2.24, 2.45) is 11.3 Å². The first-order chi connectivity index (χ1) is 7.00. The summed E-state index contributed by atoms with van der Waals surface area (Å²) in [5.41, 5.74) is -1.59. The molecule has 3 nitrogen and oxygen atoms in total. The van der Waals surface area contributed by atoms with Crippen molar-refractivity contribution in [1.29, 1.82) is 0 Å². The summed E-state index contributed by atoms with van der Waals surface area (Å²) in [5, 5.41) is 10.4. The fourth-order valence-electron chi connectivity index (χ4n) is 1.84. The Labute approximate surface area is 98.2 Å². The summed E-state index contributed by atoms with van der Waals surface area (Å²) >= 11 is 0. The van der Waals surface area contributed by atoms with Gasteiger partial charge >= 0.3 is 5.97 Å². The summed E-state index contributed by atoms with van der Waals surface area (Å²) in [6.07, 6.45) is 1.96. The summed E-state index contributed by atoms with van der Waals surface area (Å²) in [6.45, 7) is 11.0. The molecule has 2 unspecified atom stereocenters. The molecule has 1 N–H and O–H groups in total. The molecule has 0 heterocycles. The van der Waals surface area contributed by atoms with Crippen LogP contribution in [0.2, 0.25) is 0 Å². The Balaban J connectivity index is 2.70. The molecule has 0 saturated heterocycles. The summed E-state index contributed by atoms with van der Waals surface area (Å²) in [4.78, 5) is 11.9. The van der Waals surface area contributed by atoms with Gasteiger partial charge < -0.3 is 9.84 Å². The Morgan fingerprint density at radius 3 is 2.06 bits per heavy atom. The van der Waals surface area contributed by atoms with Gasteiger partial charge in [0.1, 0.15) is 5.60 Å². The highest BCUT2D eigenvalue weighted by Crippen LogP contribution is 2.56. The number of rotatable bonds is 3. The van der Waals surface area contributed by atoms with Crippen molar-refractivity contribution in [1.82, 2.24) is 0 Å². The summed E-state index contributed by atoms with van der Waals surface area (Å²) in [7, 11) is 0. The molecule has 0 aliphatic heterocycles. The Hall–Kier alpha value is -0.570. The van der Waals surface area contributed by atoms with E-state index in [4.69, 9.17) is 4.74 Å². The molecule has 0 aromatic heterocycles. The molecule has 3 heteroatoms. The summed E-state index contributed by atoms with van der Waals surface area (Å²) in [5.74, 6) is -0.801.